The highest BCUT2D eigenvalue weighted by molar-refractivity contribution is 6.34. The van der Waals surface area contributed by atoms with E-state index in [-0.39, 0.29) is 24.4 Å². The number of amides is 1. The first-order valence-electron chi connectivity index (χ1n) is 8.57. The van der Waals surface area contributed by atoms with Gasteiger partial charge in [0.05, 0.1) is 12.3 Å². The van der Waals surface area contributed by atoms with Crippen molar-refractivity contribution in [2.75, 3.05) is 6.54 Å². The number of carbonyl (C=O) groups excluding carboxylic acids is 1. The van der Waals surface area contributed by atoms with E-state index in [4.69, 9.17) is 16.4 Å². The maximum absolute atomic E-state index is 14.0. The second kappa shape index (κ2) is 8.32. The Kier molecular flexibility index (Phi) is 5.89. The average molecular weight is 375 g/mol. The predicted molar refractivity (Wildman–Crippen MR) is 99.6 cm³/mol. The molecule has 4 nitrogen and oxygen atoms in total. The molecule has 0 N–H and O–H groups in total. The molecule has 0 fully saturated rings. The molecule has 0 bridgehead atoms. The van der Waals surface area contributed by atoms with Crippen LogP contribution in [0.25, 0.3) is 0 Å². The minimum atomic E-state index is -0.318. The Hall–Kier alpha value is -2.40. The molecule has 1 amide bonds. The lowest BCUT2D eigenvalue weighted by Gasteiger charge is -2.24. The molecule has 2 aromatic rings. The molecule has 26 heavy (non-hydrogen) atoms. The first-order chi connectivity index (χ1) is 12.6. The monoisotopic (exact) mass is 374 g/mol. The van der Waals surface area contributed by atoms with Gasteiger partial charge in [0.1, 0.15) is 5.82 Å². The van der Waals surface area contributed by atoms with Crippen LogP contribution in [-0.4, -0.2) is 29.2 Å². The molecule has 0 saturated heterocycles. The van der Waals surface area contributed by atoms with Gasteiger partial charge in [0, 0.05) is 35.5 Å². The van der Waals surface area contributed by atoms with Crippen LogP contribution in [0.5, 0.6) is 0 Å². The van der Waals surface area contributed by atoms with Gasteiger partial charge in [-0.15, -0.1) is 0 Å². The molecule has 0 radical (unpaired) electrons. The van der Waals surface area contributed by atoms with Crippen molar-refractivity contribution in [3.8, 4) is 0 Å². The highest BCUT2D eigenvalue weighted by Crippen LogP contribution is 2.24. The summed E-state index contributed by atoms with van der Waals surface area (Å²) in [5.41, 5.74) is 2.08. The van der Waals surface area contributed by atoms with E-state index >= 15 is 0 Å². The fourth-order valence-electron chi connectivity index (χ4n) is 2.94. The quantitative estimate of drug-likeness (QED) is 0.751. The molecule has 2 aromatic carbocycles. The van der Waals surface area contributed by atoms with Crippen LogP contribution < -0.4 is 0 Å². The van der Waals surface area contributed by atoms with Gasteiger partial charge in [-0.3, -0.25) is 4.79 Å². The van der Waals surface area contributed by atoms with Gasteiger partial charge in [0.15, 0.2) is 6.10 Å². The molecule has 0 spiro atoms. The maximum Gasteiger partial charge on any atom is 0.222 e. The van der Waals surface area contributed by atoms with Crippen LogP contribution in [-0.2, 0) is 16.2 Å². The molecule has 6 heteroatoms. The lowest BCUT2D eigenvalue weighted by molar-refractivity contribution is -0.133. The number of oxime groups is 1. The first-order valence-corrected chi connectivity index (χ1v) is 8.95. The zero-order valence-electron chi connectivity index (χ0n) is 14.5. The van der Waals surface area contributed by atoms with E-state index in [9.17, 15) is 9.18 Å². The Labute approximate surface area is 157 Å². The van der Waals surface area contributed by atoms with Crippen LogP contribution in [0, 0.1) is 5.82 Å². The molecule has 0 aliphatic carbocycles. The SMILES string of the molecule is CCC(=O)N(Cc1ccccc1F)CC1CC(c2ccccc2Cl)=NO1. The fraction of sp³-hybridized carbons (Fsp3) is 0.300. The number of carbonyl (C=O) groups is 1. The second-order valence-corrected chi connectivity index (χ2v) is 6.58. The summed E-state index contributed by atoms with van der Waals surface area (Å²) < 4.78 is 14.0. The molecule has 1 aliphatic heterocycles. The molecular weight excluding hydrogens is 355 g/mol. The van der Waals surface area contributed by atoms with Crippen molar-refractivity contribution in [2.45, 2.75) is 32.4 Å². The lowest BCUT2D eigenvalue weighted by Crippen LogP contribution is -2.37. The summed E-state index contributed by atoms with van der Waals surface area (Å²) in [5, 5.41) is 4.75. The fourth-order valence-corrected chi connectivity index (χ4v) is 3.18. The molecule has 0 aromatic heterocycles. The summed E-state index contributed by atoms with van der Waals surface area (Å²) >= 11 is 6.21. The van der Waals surface area contributed by atoms with Crippen molar-refractivity contribution in [3.63, 3.8) is 0 Å². The Morgan fingerprint density at radius 2 is 2.00 bits per heavy atom. The lowest BCUT2D eigenvalue weighted by atomic mass is 10.0. The number of hydrogen-bond donors (Lipinski definition) is 0. The van der Waals surface area contributed by atoms with Gasteiger partial charge < -0.3 is 9.74 Å². The van der Waals surface area contributed by atoms with Crippen molar-refractivity contribution in [3.05, 3.63) is 70.5 Å². The van der Waals surface area contributed by atoms with Crippen LogP contribution in [0.15, 0.2) is 53.7 Å². The van der Waals surface area contributed by atoms with E-state index in [0.29, 0.717) is 30.0 Å². The highest BCUT2D eigenvalue weighted by atomic mass is 35.5. The molecule has 0 saturated carbocycles. The van der Waals surface area contributed by atoms with Crippen LogP contribution in [0.2, 0.25) is 5.02 Å². The van der Waals surface area contributed by atoms with Crippen molar-refractivity contribution < 1.29 is 14.0 Å². The third-order valence-corrected chi connectivity index (χ3v) is 4.65. The molecule has 1 aliphatic rings. The van der Waals surface area contributed by atoms with Crippen molar-refractivity contribution in [1.82, 2.24) is 4.90 Å². The largest absolute Gasteiger partial charge is 0.390 e. The smallest absolute Gasteiger partial charge is 0.222 e. The number of hydrogen-bond acceptors (Lipinski definition) is 3. The van der Waals surface area contributed by atoms with E-state index in [1.54, 1.807) is 36.1 Å². The summed E-state index contributed by atoms with van der Waals surface area (Å²) in [6.45, 7) is 2.34. The van der Waals surface area contributed by atoms with Gasteiger partial charge in [-0.25, -0.2) is 4.39 Å². The van der Waals surface area contributed by atoms with Gasteiger partial charge in [-0.1, -0.05) is 60.1 Å². The average Bonchev–Trinajstić information content (AvgIpc) is 3.11. The van der Waals surface area contributed by atoms with Crippen LogP contribution in [0.4, 0.5) is 4.39 Å². The summed E-state index contributed by atoms with van der Waals surface area (Å²) in [6, 6.07) is 13.9. The van der Waals surface area contributed by atoms with Crippen molar-refractivity contribution in [1.29, 1.82) is 0 Å². The normalized spacial score (nSPS) is 16.1. The number of nitrogens with zero attached hydrogens (tertiary/aromatic N) is 2. The summed E-state index contributed by atoms with van der Waals surface area (Å²) in [4.78, 5) is 19.4. The van der Waals surface area contributed by atoms with Gasteiger partial charge in [0.25, 0.3) is 0 Å². The second-order valence-electron chi connectivity index (χ2n) is 6.17. The molecular formula is C20H20ClFN2O2. The summed E-state index contributed by atoms with van der Waals surface area (Å²) in [6.07, 6.45) is 0.622. The number of rotatable bonds is 6. The Morgan fingerprint density at radius 3 is 2.73 bits per heavy atom. The van der Waals surface area contributed by atoms with Crippen LogP contribution in [0.3, 0.4) is 0 Å². The molecule has 1 heterocycles. The minimum Gasteiger partial charge on any atom is -0.390 e. The van der Waals surface area contributed by atoms with E-state index in [1.807, 2.05) is 18.2 Å². The summed E-state index contributed by atoms with van der Waals surface area (Å²) in [5.74, 6) is -0.371. The highest BCUT2D eigenvalue weighted by Gasteiger charge is 2.27. The third kappa shape index (κ3) is 4.22. The first kappa shape index (κ1) is 18.4. The van der Waals surface area contributed by atoms with E-state index < -0.39 is 0 Å². The van der Waals surface area contributed by atoms with Crippen LogP contribution in [0.1, 0.15) is 30.9 Å². The van der Waals surface area contributed by atoms with E-state index in [0.717, 1.165) is 11.3 Å². The van der Waals surface area contributed by atoms with E-state index in [1.165, 1.54) is 6.07 Å². The van der Waals surface area contributed by atoms with Gasteiger partial charge in [-0.2, -0.15) is 0 Å². The number of halogens is 2. The zero-order valence-corrected chi connectivity index (χ0v) is 15.2. The van der Waals surface area contributed by atoms with Crippen LogP contribution >= 0.6 is 11.6 Å². The molecule has 1 unspecified atom stereocenters. The Bertz CT molecular complexity index is 825. The minimum absolute atomic E-state index is 0.0527. The zero-order chi connectivity index (χ0) is 18.5. The topological polar surface area (TPSA) is 41.9 Å². The molecule has 3 rings (SSSR count). The van der Waals surface area contributed by atoms with Crippen molar-refractivity contribution in [2.24, 2.45) is 5.16 Å². The molecule has 136 valence electrons. The summed E-state index contributed by atoms with van der Waals surface area (Å²) in [7, 11) is 0. The molecule has 1 atom stereocenters. The maximum atomic E-state index is 14.0. The van der Waals surface area contributed by atoms with Crippen molar-refractivity contribution >= 4 is 23.2 Å². The van der Waals surface area contributed by atoms with Gasteiger partial charge in [0.2, 0.25) is 5.91 Å². The standard InChI is InChI=1S/C20H20ClFN2O2/c1-2-20(25)24(12-14-7-3-6-10-18(14)22)13-15-11-19(23-26-15)16-8-4-5-9-17(16)21/h3-10,15H,2,11-13H2,1H3. The third-order valence-electron chi connectivity index (χ3n) is 4.32. The van der Waals surface area contributed by atoms with Gasteiger partial charge in [-0.05, 0) is 12.1 Å². The number of benzene rings is 2. The Morgan fingerprint density at radius 1 is 1.27 bits per heavy atom. The Balaban J connectivity index is 1.68. The van der Waals surface area contributed by atoms with Gasteiger partial charge >= 0.3 is 0 Å². The predicted octanol–water partition coefficient (Wildman–Crippen LogP) is 4.41. The van der Waals surface area contributed by atoms with E-state index in [2.05, 4.69) is 5.16 Å².